The zero-order valence-electron chi connectivity index (χ0n) is 61.4. The van der Waals surface area contributed by atoms with Crippen LogP contribution in [0.3, 0.4) is 0 Å². The number of esters is 4. The maximum Gasteiger partial charge on any atom is 0.472 e. The Morgan fingerprint density at radius 2 is 0.543 bits per heavy atom. The first-order valence-electron chi connectivity index (χ1n) is 38.9. The van der Waals surface area contributed by atoms with Gasteiger partial charge >= 0.3 is 39.5 Å². The second-order valence-corrected chi connectivity index (χ2v) is 30.9. The lowest BCUT2D eigenvalue weighted by molar-refractivity contribution is -0.161. The van der Waals surface area contributed by atoms with E-state index in [4.69, 9.17) is 37.0 Å². The van der Waals surface area contributed by atoms with Crippen LogP contribution >= 0.6 is 15.6 Å². The first-order valence-corrected chi connectivity index (χ1v) is 41.9. The summed E-state index contributed by atoms with van der Waals surface area (Å²) in [4.78, 5) is 72.7. The van der Waals surface area contributed by atoms with Gasteiger partial charge in [0.15, 0.2) is 12.2 Å². The van der Waals surface area contributed by atoms with Gasteiger partial charge in [-0.1, -0.05) is 331 Å². The third-order valence-corrected chi connectivity index (χ3v) is 20.0. The summed E-state index contributed by atoms with van der Waals surface area (Å²) in [6, 6.07) is 0. The third-order valence-electron chi connectivity index (χ3n) is 18.1. The summed E-state index contributed by atoms with van der Waals surface area (Å²) in [5, 5.41) is 10.6. The van der Waals surface area contributed by atoms with Crippen molar-refractivity contribution in [1.82, 2.24) is 0 Å². The van der Waals surface area contributed by atoms with Gasteiger partial charge < -0.3 is 33.8 Å². The Bertz CT molecular complexity index is 1840. The molecule has 0 bridgehead atoms. The predicted molar refractivity (Wildman–Crippen MR) is 381 cm³/mol. The van der Waals surface area contributed by atoms with Crippen molar-refractivity contribution in [2.24, 2.45) is 17.8 Å². The minimum atomic E-state index is -4.96. The van der Waals surface area contributed by atoms with Gasteiger partial charge in [0.2, 0.25) is 0 Å². The predicted octanol–water partition coefficient (Wildman–Crippen LogP) is 21.8. The second kappa shape index (κ2) is 65.7. The van der Waals surface area contributed by atoms with Crippen LogP contribution in [0.5, 0.6) is 0 Å². The van der Waals surface area contributed by atoms with Crippen LogP contribution in [-0.2, 0) is 65.4 Å². The molecule has 0 radical (unpaired) electrons. The van der Waals surface area contributed by atoms with Crippen molar-refractivity contribution < 1.29 is 80.2 Å². The summed E-state index contributed by atoms with van der Waals surface area (Å²) in [5.74, 6) is 0.174. The molecule has 19 heteroatoms. The van der Waals surface area contributed by atoms with Crippen LogP contribution < -0.4 is 0 Å². The molecule has 0 amide bonds. The van der Waals surface area contributed by atoms with E-state index in [-0.39, 0.29) is 25.7 Å². The Hall–Kier alpha value is -1.94. The summed E-state index contributed by atoms with van der Waals surface area (Å²) in [7, 11) is -9.91. The number of phosphoric acid groups is 2. The highest BCUT2D eigenvalue weighted by molar-refractivity contribution is 7.47. The quantitative estimate of drug-likeness (QED) is 0.0222. The van der Waals surface area contributed by atoms with E-state index in [0.29, 0.717) is 25.7 Å². The van der Waals surface area contributed by atoms with E-state index in [2.05, 4.69) is 48.5 Å². The molecule has 0 spiro atoms. The fraction of sp³-hybridized carbons (Fsp3) is 0.947. The lowest BCUT2D eigenvalue weighted by Crippen LogP contribution is -2.30. The number of ether oxygens (including phenoxy) is 4. The molecule has 0 saturated heterocycles. The topological polar surface area (TPSA) is 237 Å². The molecule has 0 rings (SSSR count). The molecule has 0 aromatic carbocycles. The van der Waals surface area contributed by atoms with Crippen LogP contribution in [-0.4, -0.2) is 96.7 Å². The van der Waals surface area contributed by atoms with Crippen LogP contribution in [0.2, 0.25) is 0 Å². The van der Waals surface area contributed by atoms with Crippen LogP contribution in [0, 0.1) is 17.8 Å². The highest BCUT2D eigenvalue weighted by Gasteiger charge is 2.30. The van der Waals surface area contributed by atoms with E-state index >= 15 is 0 Å². The largest absolute Gasteiger partial charge is 0.472 e. The summed E-state index contributed by atoms with van der Waals surface area (Å²) in [6.45, 7) is 11.9. The van der Waals surface area contributed by atoms with Gasteiger partial charge in [0, 0.05) is 25.7 Å². The monoisotopic (exact) mass is 1380 g/mol. The van der Waals surface area contributed by atoms with Crippen LogP contribution in [0.1, 0.15) is 382 Å². The highest BCUT2D eigenvalue weighted by Crippen LogP contribution is 2.45. The molecule has 3 N–H and O–H groups in total. The first-order chi connectivity index (χ1) is 45.3. The van der Waals surface area contributed by atoms with E-state index in [1.54, 1.807) is 0 Å². The Morgan fingerprint density at radius 1 is 0.309 bits per heavy atom. The number of phosphoric ester groups is 2. The van der Waals surface area contributed by atoms with Crippen LogP contribution in [0.25, 0.3) is 0 Å². The molecule has 17 nitrogen and oxygen atoms in total. The molecule has 0 saturated carbocycles. The van der Waals surface area contributed by atoms with Crippen molar-refractivity contribution in [2.75, 3.05) is 39.6 Å². The molecule has 0 fully saturated rings. The second-order valence-electron chi connectivity index (χ2n) is 28.0. The molecule has 558 valence electrons. The van der Waals surface area contributed by atoms with Gasteiger partial charge in [-0.25, -0.2) is 9.13 Å². The fourth-order valence-corrected chi connectivity index (χ4v) is 12.9. The van der Waals surface area contributed by atoms with Crippen molar-refractivity contribution in [2.45, 2.75) is 401 Å². The van der Waals surface area contributed by atoms with Gasteiger partial charge in [0.25, 0.3) is 0 Å². The zero-order chi connectivity index (χ0) is 69.4. The van der Waals surface area contributed by atoms with E-state index in [9.17, 15) is 43.2 Å². The molecular formula is C75H146O17P2. The van der Waals surface area contributed by atoms with Crippen LogP contribution in [0.4, 0.5) is 0 Å². The average Bonchev–Trinajstić information content (AvgIpc) is 2.29. The normalized spacial score (nSPS) is 14.7. The average molecular weight is 1380 g/mol. The number of unbranched alkanes of at least 4 members (excludes halogenated alkanes) is 39. The molecule has 0 aliphatic rings. The van der Waals surface area contributed by atoms with Crippen LogP contribution in [0.15, 0.2) is 0 Å². The number of aliphatic hydroxyl groups excluding tert-OH is 1. The maximum absolute atomic E-state index is 13.1. The molecule has 0 aromatic heterocycles. The number of carbonyl (C=O) groups is 4. The standard InChI is InChI=1S/C75H146O17P2/c1-8-11-12-13-14-15-16-17-18-22-25-28-34-42-49-56-72(77)85-62-70(91-74(79)58-51-44-35-29-26-23-20-19-21-24-27-33-40-47-54-67(6)9-2)64-89-93(81,82)87-60-69(76)61-88-94(83,84)90-65-71(63-86-73(78)57-50-43-38-37-41-48-55-68(7)10-3)92-75(80)59-52-45-36-31-30-32-39-46-53-66(4)5/h66-71,76H,8-65H2,1-7H3,(H,81,82)(H,83,84)/t67?,68?,69-,70-,71-/m1/s1. The smallest absolute Gasteiger partial charge is 0.462 e. The van der Waals surface area contributed by atoms with Gasteiger partial charge in [-0.05, 0) is 43.4 Å². The Kier molecular flexibility index (Phi) is 64.3. The maximum atomic E-state index is 13.1. The van der Waals surface area contributed by atoms with Crippen molar-refractivity contribution in [3.63, 3.8) is 0 Å². The molecular weight excluding hydrogens is 1230 g/mol. The number of hydrogen-bond acceptors (Lipinski definition) is 15. The summed E-state index contributed by atoms with van der Waals surface area (Å²) in [6.07, 6.45) is 51.3. The van der Waals surface area contributed by atoms with Crippen molar-refractivity contribution >= 4 is 39.5 Å². The summed E-state index contributed by atoms with van der Waals surface area (Å²) in [5.41, 5.74) is 0. The van der Waals surface area contributed by atoms with Gasteiger partial charge in [-0.2, -0.15) is 0 Å². The molecule has 0 aliphatic carbocycles. The van der Waals surface area contributed by atoms with Crippen molar-refractivity contribution in [3.05, 3.63) is 0 Å². The Labute approximate surface area is 575 Å². The minimum absolute atomic E-state index is 0.104. The molecule has 0 aromatic rings. The molecule has 0 aliphatic heterocycles. The molecule has 7 atom stereocenters. The van der Waals surface area contributed by atoms with E-state index in [0.717, 1.165) is 114 Å². The molecule has 4 unspecified atom stereocenters. The molecule has 94 heavy (non-hydrogen) atoms. The Morgan fingerprint density at radius 3 is 0.809 bits per heavy atom. The lowest BCUT2D eigenvalue weighted by atomic mass is 9.99. The third kappa shape index (κ3) is 66.0. The Balaban J connectivity index is 5.24. The lowest BCUT2D eigenvalue weighted by Gasteiger charge is -2.21. The highest BCUT2D eigenvalue weighted by atomic mass is 31.2. The number of rotatable bonds is 73. The van der Waals surface area contributed by atoms with E-state index in [1.165, 1.54) is 186 Å². The minimum Gasteiger partial charge on any atom is -0.462 e. The number of hydrogen-bond donors (Lipinski definition) is 3. The van der Waals surface area contributed by atoms with Gasteiger partial charge in [0.1, 0.15) is 19.3 Å². The SMILES string of the molecule is CCCCCCCCCCCCCCCCCC(=O)OC[C@H](COP(=O)(O)OC[C@@H](O)COP(=O)(O)OC[C@@H](COC(=O)CCCCCCCCC(C)CC)OC(=O)CCCCCCCCCCC(C)C)OC(=O)CCCCCCCCCCCCCCCCC(C)CC. The zero-order valence-corrected chi connectivity index (χ0v) is 63.2. The number of carbonyl (C=O) groups excluding carboxylic acids is 4. The number of aliphatic hydroxyl groups is 1. The van der Waals surface area contributed by atoms with Crippen molar-refractivity contribution in [3.8, 4) is 0 Å². The fourth-order valence-electron chi connectivity index (χ4n) is 11.4. The van der Waals surface area contributed by atoms with E-state index in [1.807, 2.05) is 0 Å². The molecule has 0 heterocycles. The van der Waals surface area contributed by atoms with Gasteiger partial charge in [-0.3, -0.25) is 37.3 Å². The van der Waals surface area contributed by atoms with Gasteiger partial charge in [0.05, 0.1) is 26.4 Å². The summed E-state index contributed by atoms with van der Waals surface area (Å²) < 4.78 is 68.5. The summed E-state index contributed by atoms with van der Waals surface area (Å²) >= 11 is 0. The first kappa shape index (κ1) is 92.1. The van der Waals surface area contributed by atoms with Crippen molar-refractivity contribution in [1.29, 1.82) is 0 Å². The van der Waals surface area contributed by atoms with E-state index < -0.39 is 97.5 Å². The van der Waals surface area contributed by atoms with Gasteiger partial charge in [-0.15, -0.1) is 0 Å².